The van der Waals surface area contributed by atoms with E-state index in [0.717, 1.165) is 11.1 Å². The van der Waals surface area contributed by atoms with Crippen molar-refractivity contribution < 1.29 is 18.6 Å². The summed E-state index contributed by atoms with van der Waals surface area (Å²) in [5.41, 5.74) is 2.01. The monoisotopic (exact) mass is 359 g/mol. The number of nitrogens with zero attached hydrogens (tertiary/aromatic N) is 3. The molecule has 136 valence electrons. The van der Waals surface area contributed by atoms with Gasteiger partial charge < -0.3 is 14.4 Å². The molecule has 0 amide bonds. The second-order valence-electron chi connectivity index (χ2n) is 5.86. The first-order valence-electron chi connectivity index (χ1n) is 8.23. The van der Waals surface area contributed by atoms with E-state index < -0.39 is 12.7 Å². The summed E-state index contributed by atoms with van der Waals surface area (Å²) in [6.45, 7) is -2.25. The van der Waals surface area contributed by atoms with E-state index in [4.69, 9.17) is 0 Å². The van der Waals surface area contributed by atoms with Gasteiger partial charge in [0, 0.05) is 0 Å². The molecule has 0 aliphatic heterocycles. The Morgan fingerprint density at radius 1 is 1.23 bits per heavy atom. The van der Waals surface area contributed by atoms with Crippen LogP contribution in [-0.4, -0.2) is 26.5 Å². The highest BCUT2D eigenvalue weighted by atomic mass is 19.3. The van der Waals surface area contributed by atoms with E-state index in [9.17, 15) is 13.9 Å². The number of aromatic nitrogens is 3. The number of hydrogen-bond acceptors (Lipinski definition) is 4. The lowest BCUT2D eigenvalue weighted by Gasteiger charge is -2.13. The van der Waals surface area contributed by atoms with Crippen molar-refractivity contribution in [1.82, 2.24) is 14.8 Å². The summed E-state index contributed by atoms with van der Waals surface area (Å²) in [4.78, 5) is 0. The van der Waals surface area contributed by atoms with Crippen molar-refractivity contribution in [2.24, 2.45) is 0 Å². The molecule has 0 bridgehead atoms. The number of alkyl halides is 2. The van der Waals surface area contributed by atoms with Crippen LogP contribution in [-0.2, 0) is 11.3 Å². The minimum Gasteiger partial charge on any atom is -0.435 e. The average Bonchev–Trinajstić information content (AvgIpc) is 3.09. The molecule has 1 atom stereocenters. The van der Waals surface area contributed by atoms with E-state index in [-0.39, 0.29) is 5.76 Å². The van der Waals surface area contributed by atoms with Crippen molar-refractivity contribution in [2.75, 3.05) is 0 Å². The fourth-order valence-electron chi connectivity index (χ4n) is 2.68. The number of aliphatic hydroxyl groups excluding tert-OH is 1. The van der Waals surface area contributed by atoms with Crippen LogP contribution < -0.4 is 0 Å². The van der Waals surface area contributed by atoms with Crippen molar-refractivity contribution in [1.29, 1.82) is 0 Å². The van der Waals surface area contributed by atoms with Crippen LogP contribution in [0.5, 0.6) is 0 Å². The van der Waals surface area contributed by atoms with Gasteiger partial charge in [-0.25, -0.2) is 0 Å². The SMILES string of the molecule is OC(CC=C1C=CC(OC(F)F)=CC1)c1nncn1Cc1ccccc1. The second kappa shape index (κ2) is 8.53. The van der Waals surface area contributed by atoms with Crippen molar-refractivity contribution in [3.05, 3.63) is 83.7 Å². The van der Waals surface area contributed by atoms with Crippen LogP contribution in [0.2, 0.25) is 0 Å². The number of hydrogen-bond donors (Lipinski definition) is 1. The van der Waals surface area contributed by atoms with Crippen molar-refractivity contribution in [3.63, 3.8) is 0 Å². The lowest BCUT2D eigenvalue weighted by molar-refractivity contribution is -0.0923. The fourth-order valence-corrected chi connectivity index (χ4v) is 2.68. The van der Waals surface area contributed by atoms with E-state index >= 15 is 0 Å². The van der Waals surface area contributed by atoms with Crippen LogP contribution in [0.15, 0.2) is 72.3 Å². The van der Waals surface area contributed by atoms with E-state index in [1.165, 1.54) is 6.08 Å². The minimum absolute atomic E-state index is 0.153. The smallest absolute Gasteiger partial charge is 0.387 e. The fraction of sp³-hybridized carbons (Fsp3) is 0.263. The predicted molar refractivity (Wildman–Crippen MR) is 92.2 cm³/mol. The summed E-state index contributed by atoms with van der Waals surface area (Å²) >= 11 is 0. The Kier molecular flexibility index (Phi) is 5.91. The van der Waals surface area contributed by atoms with Gasteiger partial charge >= 0.3 is 6.61 Å². The number of aliphatic hydroxyl groups is 1. The summed E-state index contributed by atoms with van der Waals surface area (Å²) in [6, 6.07) is 9.85. The molecule has 0 radical (unpaired) electrons. The highest BCUT2D eigenvalue weighted by Crippen LogP contribution is 2.22. The maximum atomic E-state index is 12.2. The summed E-state index contributed by atoms with van der Waals surface area (Å²) in [6.07, 6.45) is 8.26. The molecule has 0 saturated carbocycles. The van der Waals surface area contributed by atoms with Gasteiger partial charge in [-0.2, -0.15) is 8.78 Å². The minimum atomic E-state index is -2.82. The molecule has 1 aliphatic carbocycles. The molecule has 0 saturated heterocycles. The lowest BCUT2D eigenvalue weighted by Crippen LogP contribution is -2.09. The van der Waals surface area contributed by atoms with Gasteiger partial charge in [-0.1, -0.05) is 42.5 Å². The van der Waals surface area contributed by atoms with Gasteiger partial charge in [-0.3, -0.25) is 0 Å². The third kappa shape index (κ3) is 4.86. The molecule has 1 aromatic carbocycles. The van der Waals surface area contributed by atoms with Crippen LogP contribution in [0.3, 0.4) is 0 Å². The lowest BCUT2D eigenvalue weighted by atomic mass is 10.0. The Morgan fingerprint density at radius 3 is 2.73 bits per heavy atom. The number of allylic oxidation sites excluding steroid dienone is 4. The Bertz CT molecular complexity index is 813. The molecule has 1 aliphatic rings. The molecule has 1 aromatic heterocycles. The molecular weight excluding hydrogens is 340 g/mol. The van der Waals surface area contributed by atoms with Gasteiger partial charge in [-0.15, -0.1) is 10.2 Å². The highest BCUT2D eigenvalue weighted by molar-refractivity contribution is 5.33. The van der Waals surface area contributed by atoms with E-state index in [1.54, 1.807) is 18.5 Å². The molecule has 1 heterocycles. The number of rotatable bonds is 7. The average molecular weight is 359 g/mol. The molecule has 1 N–H and O–H groups in total. The number of ether oxygens (including phenoxy) is 1. The van der Waals surface area contributed by atoms with Gasteiger partial charge in [0.15, 0.2) is 5.82 Å². The van der Waals surface area contributed by atoms with Gasteiger partial charge in [0.05, 0.1) is 6.54 Å². The Labute approximate surface area is 149 Å². The van der Waals surface area contributed by atoms with Gasteiger partial charge in [0.1, 0.15) is 18.2 Å². The summed E-state index contributed by atoms with van der Waals surface area (Å²) in [7, 11) is 0. The van der Waals surface area contributed by atoms with Gasteiger partial charge in [-0.05, 0) is 36.1 Å². The quantitative estimate of drug-likeness (QED) is 0.818. The third-order valence-corrected chi connectivity index (χ3v) is 3.97. The molecule has 5 nitrogen and oxygen atoms in total. The topological polar surface area (TPSA) is 60.2 Å². The van der Waals surface area contributed by atoms with Crippen molar-refractivity contribution >= 4 is 0 Å². The molecule has 2 aromatic rings. The highest BCUT2D eigenvalue weighted by Gasteiger charge is 2.15. The van der Waals surface area contributed by atoms with Gasteiger partial charge in [0.2, 0.25) is 0 Å². The van der Waals surface area contributed by atoms with Gasteiger partial charge in [0.25, 0.3) is 0 Å². The standard InChI is InChI=1S/C19H19F2N3O2/c20-19(21)26-16-9-6-14(7-10-16)8-11-17(25)18-23-22-13-24(18)12-15-4-2-1-3-5-15/h1-6,8-10,13,17,19,25H,7,11-12H2. The first kappa shape index (κ1) is 18.0. The zero-order valence-corrected chi connectivity index (χ0v) is 14.0. The normalized spacial score (nSPS) is 16.8. The van der Waals surface area contributed by atoms with Crippen molar-refractivity contribution in [2.45, 2.75) is 32.1 Å². The zero-order valence-electron chi connectivity index (χ0n) is 14.0. The summed E-state index contributed by atoms with van der Waals surface area (Å²) < 4.78 is 30.5. The Balaban J connectivity index is 1.60. The second-order valence-corrected chi connectivity index (χ2v) is 5.86. The maximum absolute atomic E-state index is 12.2. The van der Waals surface area contributed by atoms with E-state index in [1.807, 2.05) is 41.0 Å². The van der Waals surface area contributed by atoms with E-state index in [0.29, 0.717) is 25.2 Å². The largest absolute Gasteiger partial charge is 0.435 e. The molecule has 26 heavy (non-hydrogen) atoms. The van der Waals surface area contributed by atoms with Crippen molar-refractivity contribution in [3.8, 4) is 0 Å². The zero-order chi connectivity index (χ0) is 18.4. The molecular formula is C19H19F2N3O2. The first-order valence-corrected chi connectivity index (χ1v) is 8.23. The molecule has 7 heteroatoms. The van der Waals surface area contributed by atoms with Crippen LogP contribution in [0.25, 0.3) is 0 Å². The molecule has 3 rings (SSSR count). The van der Waals surface area contributed by atoms with Crippen LogP contribution in [0, 0.1) is 0 Å². The molecule has 0 spiro atoms. The van der Waals surface area contributed by atoms with Crippen LogP contribution >= 0.6 is 0 Å². The molecule has 0 fully saturated rings. The van der Waals surface area contributed by atoms with Crippen LogP contribution in [0.4, 0.5) is 8.78 Å². The first-order chi connectivity index (χ1) is 12.6. The van der Waals surface area contributed by atoms with E-state index in [2.05, 4.69) is 14.9 Å². The summed E-state index contributed by atoms with van der Waals surface area (Å²) in [5.74, 6) is 0.642. The third-order valence-electron chi connectivity index (χ3n) is 3.97. The predicted octanol–water partition coefficient (Wildman–Crippen LogP) is 3.76. The Morgan fingerprint density at radius 2 is 2.04 bits per heavy atom. The summed E-state index contributed by atoms with van der Waals surface area (Å²) in [5, 5.41) is 18.4. The molecule has 1 unspecified atom stereocenters. The van der Waals surface area contributed by atoms with Crippen LogP contribution in [0.1, 0.15) is 30.3 Å². The Hall–Kier alpha value is -2.80. The number of benzene rings is 1. The maximum Gasteiger partial charge on any atom is 0.387 e. The number of halogens is 2.